The third-order valence-corrected chi connectivity index (χ3v) is 7.09. The molecule has 0 spiro atoms. The van der Waals surface area contributed by atoms with Crippen LogP contribution in [0.2, 0.25) is 0 Å². The first-order chi connectivity index (χ1) is 17.9. The van der Waals surface area contributed by atoms with E-state index in [2.05, 4.69) is 15.5 Å². The topological polar surface area (TPSA) is 136 Å². The molecule has 2 aromatic carbocycles. The molecule has 1 fully saturated rings. The minimum Gasteiger partial charge on any atom is -0.481 e. The number of rotatable bonds is 11. The highest BCUT2D eigenvalue weighted by Gasteiger charge is 2.32. The van der Waals surface area contributed by atoms with E-state index in [9.17, 15) is 14.7 Å². The van der Waals surface area contributed by atoms with Gasteiger partial charge in [0.05, 0.1) is 18.8 Å². The summed E-state index contributed by atoms with van der Waals surface area (Å²) < 4.78 is 14.6. The normalized spacial score (nSPS) is 19.5. The molecule has 1 aliphatic heterocycles. The monoisotopic (exact) mass is 526 g/mol. The molecule has 0 saturated carbocycles. The van der Waals surface area contributed by atoms with Crippen molar-refractivity contribution in [3.8, 4) is 0 Å². The Morgan fingerprint density at radius 1 is 1.14 bits per heavy atom. The summed E-state index contributed by atoms with van der Waals surface area (Å²) in [5.74, 6) is -0.519. The number of aliphatic hydroxyl groups is 1. The maximum absolute atomic E-state index is 12.2. The average Bonchev–Trinajstić information content (AvgIpc) is 3.31. The molecule has 2 heterocycles. The minimum atomic E-state index is -0.922. The molecule has 0 aliphatic carbocycles. The molecular weight excluding hydrogens is 496 g/mol. The number of hydrogen-bond donors (Lipinski definition) is 3. The van der Waals surface area contributed by atoms with Gasteiger partial charge in [0.2, 0.25) is 5.91 Å². The Kier molecular flexibility index (Phi) is 9.29. The molecule has 11 heteroatoms. The van der Waals surface area contributed by atoms with Crippen molar-refractivity contribution >= 4 is 29.3 Å². The van der Waals surface area contributed by atoms with Gasteiger partial charge >= 0.3 is 5.97 Å². The Morgan fingerprint density at radius 3 is 2.65 bits per heavy atom. The summed E-state index contributed by atoms with van der Waals surface area (Å²) in [6, 6.07) is 15.0. The Morgan fingerprint density at radius 2 is 1.95 bits per heavy atom. The lowest BCUT2D eigenvalue weighted by molar-refractivity contribution is -0.245. The third kappa shape index (κ3) is 7.62. The van der Waals surface area contributed by atoms with Gasteiger partial charge in [-0.15, -0.1) is 10.2 Å². The van der Waals surface area contributed by atoms with Crippen LogP contribution in [0, 0.1) is 0 Å². The van der Waals surface area contributed by atoms with Gasteiger partial charge in [-0.05, 0) is 29.7 Å². The van der Waals surface area contributed by atoms with Gasteiger partial charge in [0, 0.05) is 43.3 Å². The number of thioether (sulfide) groups is 1. The Labute approximate surface area is 219 Å². The van der Waals surface area contributed by atoms with E-state index in [-0.39, 0.29) is 44.0 Å². The van der Waals surface area contributed by atoms with Crippen LogP contribution < -0.4 is 5.32 Å². The van der Waals surface area contributed by atoms with Crippen molar-refractivity contribution in [2.75, 3.05) is 11.1 Å². The summed E-state index contributed by atoms with van der Waals surface area (Å²) in [4.78, 5) is 22.9. The third-order valence-electron chi connectivity index (χ3n) is 5.92. The van der Waals surface area contributed by atoms with Gasteiger partial charge in [0.1, 0.15) is 6.33 Å². The number of aliphatic carboxylic acids is 1. The van der Waals surface area contributed by atoms with Gasteiger partial charge in [-0.3, -0.25) is 9.59 Å². The van der Waals surface area contributed by atoms with Gasteiger partial charge in [-0.1, -0.05) is 48.2 Å². The SMILES string of the molecule is Cn1cnnc1SC[C@@H]1C[C@H](c2ccc(CO)cc2)O[C@H](c2cccc(NC(=O)CCCC(=O)O)c2)O1. The predicted molar refractivity (Wildman–Crippen MR) is 137 cm³/mol. The predicted octanol–water partition coefficient (Wildman–Crippen LogP) is 3.84. The van der Waals surface area contributed by atoms with Crippen LogP contribution in [-0.4, -0.2) is 48.7 Å². The average molecular weight is 527 g/mol. The molecule has 10 nitrogen and oxygen atoms in total. The van der Waals surface area contributed by atoms with Crippen LogP contribution >= 0.6 is 11.8 Å². The summed E-state index contributed by atoms with van der Waals surface area (Å²) in [5, 5.41) is 29.8. The lowest BCUT2D eigenvalue weighted by Gasteiger charge is -2.36. The van der Waals surface area contributed by atoms with E-state index in [4.69, 9.17) is 14.6 Å². The van der Waals surface area contributed by atoms with Crippen LogP contribution in [0.15, 0.2) is 60.0 Å². The molecule has 1 aliphatic rings. The first-order valence-electron chi connectivity index (χ1n) is 12.0. The number of carbonyl (C=O) groups is 2. The molecule has 3 atom stereocenters. The van der Waals surface area contributed by atoms with Gasteiger partial charge < -0.3 is 29.6 Å². The van der Waals surface area contributed by atoms with Crippen LogP contribution in [0.3, 0.4) is 0 Å². The van der Waals surface area contributed by atoms with Gasteiger partial charge in [-0.2, -0.15) is 0 Å². The molecule has 1 saturated heterocycles. The highest BCUT2D eigenvalue weighted by Crippen LogP contribution is 2.39. The first kappa shape index (κ1) is 26.8. The number of aryl methyl sites for hydroxylation is 1. The van der Waals surface area contributed by atoms with Crippen molar-refractivity contribution < 1.29 is 29.3 Å². The summed E-state index contributed by atoms with van der Waals surface area (Å²) in [5.41, 5.74) is 3.16. The molecular formula is C26H30N4O6S. The number of carboxylic acids is 1. The number of amides is 1. The molecule has 0 bridgehead atoms. The summed E-state index contributed by atoms with van der Waals surface area (Å²) in [6.45, 7) is -0.0245. The highest BCUT2D eigenvalue weighted by molar-refractivity contribution is 7.99. The summed E-state index contributed by atoms with van der Waals surface area (Å²) in [6.07, 6.45) is 1.61. The van der Waals surface area contributed by atoms with Crippen molar-refractivity contribution in [1.29, 1.82) is 0 Å². The van der Waals surface area contributed by atoms with E-state index in [0.717, 1.165) is 21.8 Å². The van der Waals surface area contributed by atoms with Gasteiger partial charge in [-0.25, -0.2) is 0 Å². The molecule has 4 rings (SSSR count). The van der Waals surface area contributed by atoms with Crippen LogP contribution in [-0.2, 0) is 32.7 Å². The fourth-order valence-corrected chi connectivity index (χ4v) is 4.89. The maximum Gasteiger partial charge on any atom is 0.303 e. The largest absolute Gasteiger partial charge is 0.481 e. The number of benzene rings is 2. The lowest BCUT2D eigenvalue weighted by atomic mass is 10.0. The Bertz CT molecular complexity index is 1200. The number of carboxylic acid groups (broad SMARTS) is 1. The van der Waals surface area contributed by atoms with Crippen molar-refractivity contribution in [2.24, 2.45) is 7.05 Å². The minimum absolute atomic E-state index is 0.0245. The first-order valence-corrected chi connectivity index (χ1v) is 13.0. The molecule has 1 aromatic heterocycles. The van der Waals surface area contributed by atoms with Gasteiger partial charge in [0.15, 0.2) is 11.4 Å². The highest BCUT2D eigenvalue weighted by atomic mass is 32.2. The zero-order chi connectivity index (χ0) is 26.2. The fraction of sp³-hybridized carbons (Fsp3) is 0.385. The van der Waals surface area contributed by atoms with E-state index in [1.807, 2.05) is 54.1 Å². The second-order valence-corrected chi connectivity index (χ2v) is 9.79. The number of aromatic nitrogens is 3. The van der Waals surface area contributed by atoms with E-state index < -0.39 is 12.3 Å². The van der Waals surface area contributed by atoms with E-state index in [1.165, 1.54) is 0 Å². The number of anilines is 1. The van der Waals surface area contributed by atoms with E-state index in [1.54, 1.807) is 24.2 Å². The number of nitrogens with zero attached hydrogens (tertiary/aromatic N) is 3. The zero-order valence-electron chi connectivity index (χ0n) is 20.4. The summed E-state index contributed by atoms with van der Waals surface area (Å²) >= 11 is 1.56. The second-order valence-electron chi connectivity index (χ2n) is 8.81. The molecule has 196 valence electrons. The fourth-order valence-electron chi connectivity index (χ4n) is 3.98. The number of carbonyl (C=O) groups excluding carboxylic acids is 1. The molecule has 1 amide bonds. The molecule has 3 N–H and O–H groups in total. The van der Waals surface area contributed by atoms with Gasteiger partial charge in [0.25, 0.3) is 0 Å². The van der Waals surface area contributed by atoms with E-state index >= 15 is 0 Å². The lowest BCUT2D eigenvalue weighted by Crippen LogP contribution is -2.31. The second kappa shape index (κ2) is 12.8. The zero-order valence-corrected chi connectivity index (χ0v) is 21.3. The van der Waals surface area contributed by atoms with Crippen LogP contribution in [0.4, 0.5) is 5.69 Å². The van der Waals surface area contributed by atoms with Crippen molar-refractivity contribution in [1.82, 2.24) is 14.8 Å². The molecule has 0 radical (unpaired) electrons. The summed E-state index contributed by atoms with van der Waals surface area (Å²) in [7, 11) is 1.89. The van der Waals surface area contributed by atoms with Crippen molar-refractivity contribution in [2.45, 2.75) is 55.9 Å². The quantitative estimate of drug-likeness (QED) is 0.318. The molecule has 3 aromatic rings. The standard InChI is InChI=1S/C26H30N4O6S/c1-30-16-27-29-26(30)37-15-21-13-22(18-10-8-17(14-31)9-11-18)36-25(35-21)19-4-2-5-20(12-19)28-23(32)6-3-7-24(33)34/h2,4-5,8-12,16,21-22,25,31H,3,6-7,13-15H2,1H3,(H,28,32)(H,33,34)/t21-,22+,25+/m0/s1. The number of ether oxygens (including phenoxy) is 2. The van der Waals surface area contributed by atoms with Crippen LogP contribution in [0.1, 0.15) is 54.8 Å². The van der Waals surface area contributed by atoms with Crippen molar-refractivity contribution in [3.63, 3.8) is 0 Å². The van der Waals surface area contributed by atoms with Crippen LogP contribution in [0.25, 0.3) is 0 Å². The smallest absolute Gasteiger partial charge is 0.303 e. The number of hydrogen-bond acceptors (Lipinski definition) is 8. The number of aliphatic hydroxyl groups excluding tert-OH is 1. The molecule has 37 heavy (non-hydrogen) atoms. The van der Waals surface area contributed by atoms with Crippen molar-refractivity contribution in [3.05, 3.63) is 71.5 Å². The van der Waals surface area contributed by atoms with E-state index in [0.29, 0.717) is 17.9 Å². The number of nitrogens with one attached hydrogen (secondary N) is 1. The Hall–Kier alpha value is -3.25. The maximum atomic E-state index is 12.2. The van der Waals surface area contributed by atoms with Crippen LogP contribution in [0.5, 0.6) is 0 Å². The Balaban J connectivity index is 1.48. The molecule has 0 unspecified atom stereocenters.